The van der Waals surface area contributed by atoms with E-state index in [1.165, 1.54) is 6.07 Å². The molecule has 0 N–H and O–H groups in total. The number of nitrogens with zero attached hydrogens (tertiary/aromatic N) is 3. The minimum Gasteiger partial charge on any atom is -0.466 e. The first-order valence-electron chi connectivity index (χ1n) is 5.70. The Labute approximate surface area is 123 Å². The fraction of sp³-hybridized carbons (Fsp3) is 0.333. The molecule has 106 valence electrons. The van der Waals surface area contributed by atoms with E-state index in [9.17, 15) is 9.59 Å². The number of benzene rings is 1. The molecule has 7 nitrogen and oxygen atoms in total. The lowest BCUT2D eigenvalue weighted by Gasteiger charge is -2.09. The number of ether oxygens (including phenoxy) is 2. The molecular weight excluding hydrogens is 330 g/mol. The van der Waals surface area contributed by atoms with Crippen LogP contribution in [-0.2, 0) is 20.7 Å². The maximum Gasteiger partial charge on any atom is 0.338 e. The molecule has 0 heterocycles. The monoisotopic (exact) mass is 341 g/mol. The third kappa shape index (κ3) is 4.91. The van der Waals surface area contributed by atoms with E-state index >= 15 is 0 Å². The summed E-state index contributed by atoms with van der Waals surface area (Å²) in [6.07, 6.45) is -0.0424. The molecule has 0 saturated carbocycles. The van der Waals surface area contributed by atoms with Gasteiger partial charge in [-0.3, -0.25) is 4.79 Å². The highest BCUT2D eigenvalue weighted by Gasteiger charge is 2.16. The summed E-state index contributed by atoms with van der Waals surface area (Å²) in [6.45, 7) is 1.57. The zero-order valence-electron chi connectivity index (χ0n) is 10.7. The smallest absolute Gasteiger partial charge is 0.338 e. The first kappa shape index (κ1) is 16.0. The van der Waals surface area contributed by atoms with Gasteiger partial charge in [-0.2, -0.15) is 0 Å². The van der Waals surface area contributed by atoms with Gasteiger partial charge in [0.1, 0.15) is 0 Å². The van der Waals surface area contributed by atoms with Gasteiger partial charge in [0, 0.05) is 9.38 Å². The van der Waals surface area contributed by atoms with Gasteiger partial charge >= 0.3 is 11.9 Å². The summed E-state index contributed by atoms with van der Waals surface area (Å²) in [5.74, 6) is -1.10. The molecule has 0 bridgehead atoms. The van der Waals surface area contributed by atoms with Crippen molar-refractivity contribution in [1.82, 2.24) is 0 Å². The predicted molar refractivity (Wildman–Crippen MR) is 73.9 cm³/mol. The van der Waals surface area contributed by atoms with Gasteiger partial charge in [0.2, 0.25) is 0 Å². The summed E-state index contributed by atoms with van der Waals surface area (Å²) >= 11 is 3.27. The Kier molecular flexibility index (Phi) is 6.55. The first-order valence-corrected chi connectivity index (χ1v) is 6.49. The van der Waals surface area contributed by atoms with Crippen LogP contribution in [0.15, 0.2) is 27.8 Å². The van der Waals surface area contributed by atoms with Gasteiger partial charge in [-0.15, -0.1) is 0 Å². The van der Waals surface area contributed by atoms with Crippen LogP contribution < -0.4 is 0 Å². The maximum atomic E-state index is 11.8. The van der Waals surface area contributed by atoms with E-state index in [1.54, 1.807) is 19.1 Å². The molecule has 0 atom stereocenters. The molecular formula is C12H12BrN3O4. The van der Waals surface area contributed by atoms with Crippen molar-refractivity contribution in [3.63, 3.8) is 0 Å². The Morgan fingerprint density at radius 1 is 1.40 bits per heavy atom. The topological polar surface area (TPSA) is 101 Å². The number of hydrogen-bond donors (Lipinski definition) is 0. The van der Waals surface area contributed by atoms with Crippen LogP contribution in [-0.4, -0.2) is 25.3 Å². The third-order valence-electron chi connectivity index (χ3n) is 2.24. The second kappa shape index (κ2) is 8.19. The van der Waals surface area contributed by atoms with Gasteiger partial charge in [-0.05, 0) is 36.2 Å². The second-order valence-corrected chi connectivity index (χ2v) is 4.49. The maximum absolute atomic E-state index is 11.8. The summed E-state index contributed by atoms with van der Waals surface area (Å²) in [4.78, 5) is 25.8. The average molecular weight is 342 g/mol. The van der Waals surface area contributed by atoms with Gasteiger partial charge in [0.05, 0.1) is 18.6 Å². The van der Waals surface area contributed by atoms with E-state index < -0.39 is 18.7 Å². The fourth-order valence-electron chi connectivity index (χ4n) is 1.47. The van der Waals surface area contributed by atoms with Gasteiger partial charge in [0.15, 0.2) is 6.73 Å². The van der Waals surface area contributed by atoms with Crippen molar-refractivity contribution in [2.75, 3.05) is 13.3 Å². The molecule has 0 aromatic heterocycles. The van der Waals surface area contributed by atoms with Crippen LogP contribution in [0.1, 0.15) is 22.8 Å². The number of rotatable bonds is 6. The van der Waals surface area contributed by atoms with Crippen molar-refractivity contribution in [3.8, 4) is 0 Å². The molecule has 1 rings (SSSR count). The van der Waals surface area contributed by atoms with Crippen LogP contribution in [0.5, 0.6) is 0 Å². The predicted octanol–water partition coefficient (Wildman–Crippen LogP) is 2.98. The van der Waals surface area contributed by atoms with Crippen LogP contribution >= 0.6 is 15.9 Å². The van der Waals surface area contributed by atoms with Crippen molar-refractivity contribution >= 4 is 27.9 Å². The van der Waals surface area contributed by atoms with Crippen LogP contribution in [0.25, 0.3) is 10.4 Å². The molecule has 0 saturated heterocycles. The van der Waals surface area contributed by atoms with Gasteiger partial charge in [0.25, 0.3) is 0 Å². The second-order valence-electron chi connectivity index (χ2n) is 3.58. The Hall–Kier alpha value is -2.05. The van der Waals surface area contributed by atoms with Gasteiger partial charge in [-0.1, -0.05) is 21.0 Å². The third-order valence-corrected chi connectivity index (χ3v) is 2.74. The summed E-state index contributed by atoms with van der Waals surface area (Å²) in [5.41, 5.74) is 8.82. The molecule has 0 radical (unpaired) electrons. The Balaban J connectivity index is 2.91. The SMILES string of the molecule is CCOC(=O)Cc1cc(Br)ccc1C(=O)OCN=[N+]=[N-]. The quantitative estimate of drug-likeness (QED) is 0.343. The highest BCUT2D eigenvalue weighted by atomic mass is 79.9. The zero-order chi connectivity index (χ0) is 15.0. The normalized spacial score (nSPS) is 9.50. The minimum atomic E-state index is -0.663. The number of azide groups is 1. The van der Waals surface area contributed by atoms with Crippen molar-refractivity contribution in [2.24, 2.45) is 5.11 Å². The van der Waals surface area contributed by atoms with Crippen molar-refractivity contribution < 1.29 is 19.1 Å². The molecule has 1 aromatic rings. The molecule has 8 heteroatoms. The zero-order valence-corrected chi connectivity index (χ0v) is 12.3. The van der Waals surface area contributed by atoms with E-state index in [-0.39, 0.29) is 18.6 Å². The number of carbonyl (C=O) groups excluding carboxylic acids is 2. The van der Waals surface area contributed by atoms with Crippen molar-refractivity contribution in [3.05, 3.63) is 44.2 Å². The molecule has 0 aliphatic carbocycles. The molecule has 20 heavy (non-hydrogen) atoms. The van der Waals surface area contributed by atoms with Crippen LogP contribution in [0.4, 0.5) is 0 Å². The van der Waals surface area contributed by atoms with E-state index in [0.29, 0.717) is 5.56 Å². The van der Waals surface area contributed by atoms with Crippen molar-refractivity contribution in [2.45, 2.75) is 13.3 Å². The number of hydrogen-bond acceptors (Lipinski definition) is 5. The lowest BCUT2D eigenvalue weighted by molar-refractivity contribution is -0.142. The fourth-order valence-corrected chi connectivity index (χ4v) is 1.87. The van der Waals surface area contributed by atoms with Gasteiger partial charge in [-0.25, -0.2) is 4.79 Å². The Morgan fingerprint density at radius 3 is 2.80 bits per heavy atom. The number of halogens is 1. The lowest BCUT2D eigenvalue weighted by atomic mass is 10.0. The molecule has 0 amide bonds. The molecule has 1 aromatic carbocycles. The minimum absolute atomic E-state index is 0.0424. The Bertz CT molecular complexity index is 556. The standard InChI is InChI=1S/C12H12BrN3O4/c1-2-19-11(17)6-8-5-9(13)3-4-10(8)12(18)20-7-15-16-14/h3-5H,2,6-7H2,1H3. The Morgan fingerprint density at radius 2 is 2.15 bits per heavy atom. The summed E-state index contributed by atoms with van der Waals surface area (Å²) in [6, 6.07) is 4.82. The van der Waals surface area contributed by atoms with Crippen molar-refractivity contribution in [1.29, 1.82) is 0 Å². The summed E-state index contributed by atoms with van der Waals surface area (Å²) in [5, 5.41) is 3.11. The molecule has 0 unspecified atom stereocenters. The largest absolute Gasteiger partial charge is 0.466 e. The molecule has 0 aliphatic heterocycles. The molecule has 0 aliphatic rings. The average Bonchev–Trinajstić information content (AvgIpc) is 2.39. The van der Waals surface area contributed by atoms with Crippen LogP contribution in [0.3, 0.4) is 0 Å². The van der Waals surface area contributed by atoms with E-state index in [1.807, 2.05) is 0 Å². The van der Waals surface area contributed by atoms with Gasteiger partial charge < -0.3 is 9.47 Å². The summed E-state index contributed by atoms with van der Waals surface area (Å²) in [7, 11) is 0. The number of carbonyl (C=O) groups is 2. The number of esters is 2. The van der Waals surface area contributed by atoms with Crippen LogP contribution in [0.2, 0.25) is 0 Å². The molecule has 0 spiro atoms. The highest BCUT2D eigenvalue weighted by molar-refractivity contribution is 9.10. The van der Waals surface area contributed by atoms with E-state index in [2.05, 4.69) is 26.0 Å². The highest BCUT2D eigenvalue weighted by Crippen LogP contribution is 2.18. The van der Waals surface area contributed by atoms with Crippen LogP contribution in [0, 0.1) is 0 Å². The molecule has 0 fully saturated rings. The lowest BCUT2D eigenvalue weighted by Crippen LogP contribution is -2.13. The van der Waals surface area contributed by atoms with E-state index in [0.717, 1.165) is 4.47 Å². The first-order chi connectivity index (χ1) is 9.58. The summed E-state index contributed by atoms with van der Waals surface area (Å²) < 4.78 is 10.3. The van der Waals surface area contributed by atoms with E-state index in [4.69, 9.17) is 15.0 Å².